The number of hydrogen-bond donors (Lipinski definition) is 3. The number of rotatable bonds is 8. The van der Waals surface area contributed by atoms with Crippen molar-refractivity contribution in [2.24, 2.45) is 17.6 Å². The number of nitrogens with one attached hydrogen (secondary N) is 2. The molecule has 198 valence electrons. The van der Waals surface area contributed by atoms with Crippen molar-refractivity contribution in [1.82, 2.24) is 5.32 Å². The second kappa shape index (κ2) is 15.9. The number of nitrogens with two attached hydrogens (primary N) is 1. The molecular weight excluding hydrogens is 464 g/mol. The first-order chi connectivity index (χ1) is 17.5. The van der Waals surface area contributed by atoms with Crippen LogP contribution in [-0.2, 0) is 6.61 Å². The summed E-state index contributed by atoms with van der Waals surface area (Å²) in [6.07, 6.45) is 11.2. The monoisotopic (exact) mass is 503 g/mol. The number of amides is 1. The number of methoxy groups -OCH3 is 1. The molecule has 2 saturated carbocycles. The molecule has 2 aromatic carbocycles. The summed E-state index contributed by atoms with van der Waals surface area (Å²) in [5, 5.41) is 9.52. The molecule has 4 N–H and O–H groups in total. The molecule has 1 amide bonds. The predicted molar refractivity (Wildman–Crippen MR) is 139 cm³/mol. The number of hydrogen-bond acceptors (Lipinski definition) is 5. The maximum Gasteiger partial charge on any atom is 0.251 e. The Labute approximate surface area is 213 Å². The van der Waals surface area contributed by atoms with Crippen molar-refractivity contribution in [2.45, 2.75) is 58.0 Å². The van der Waals surface area contributed by atoms with Crippen LogP contribution in [-0.4, -0.2) is 32.8 Å². The van der Waals surface area contributed by atoms with Gasteiger partial charge in [-0.05, 0) is 80.6 Å². The van der Waals surface area contributed by atoms with Crippen LogP contribution < -0.4 is 20.5 Å². The summed E-state index contributed by atoms with van der Waals surface area (Å²) in [6.45, 7) is 0.544. The van der Waals surface area contributed by atoms with Crippen molar-refractivity contribution in [2.75, 3.05) is 20.7 Å². The maximum absolute atomic E-state index is 14.3. The van der Waals surface area contributed by atoms with E-state index in [4.69, 9.17) is 14.9 Å². The third-order valence-corrected chi connectivity index (χ3v) is 6.46. The highest BCUT2D eigenvalue weighted by Gasteiger charge is 2.19. The van der Waals surface area contributed by atoms with Crippen LogP contribution in [0.2, 0.25) is 0 Å². The van der Waals surface area contributed by atoms with Crippen molar-refractivity contribution >= 4 is 12.1 Å². The molecule has 0 unspecified atom stereocenters. The molecule has 0 bridgehead atoms. The topological polar surface area (TPSA) is 97.4 Å². The first-order valence-electron chi connectivity index (χ1n) is 12.6. The highest BCUT2D eigenvalue weighted by molar-refractivity contribution is 5.94. The summed E-state index contributed by atoms with van der Waals surface area (Å²) >= 11 is 0. The summed E-state index contributed by atoms with van der Waals surface area (Å²) in [6, 6.07) is 9.02. The molecule has 2 aliphatic carbocycles. The van der Waals surface area contributed by atoms with E-state index in [1.54, 1.807) is 37.6 Å². The van der Waals surface area contributed by atoms with Gasteiger partial charge in [-0.25, -0.2) is 8.78 Å². The van der Waals surface area contributed by atoms with Crippen LogP contribution >= 0.6 is 0 Å². The summed E-state index contributed by atoms with van der Waals surface area (Å²) in [4.78, 5) is 12.2. The Morgan fingerprint density at radius 3 is 2.11 bits per heavy atom. The van der Waals surface area contributed by atoms with E-state index in [1.807, 2.05) is 0 Å². The normalized spacial score (nSPS) is 15.2. The van der Waals surface area contributed by atoms with E-state index in [-0.39, 0.29) is 12.2 Å². The van der Waals surface area contributed by atoms with Gasteiger partial charge in [0.05, 0.1) is 7.11 Å². The van der Waals surface area contributed by atoms with Crippen molar-refractivity contribution < 1.29 is 23.0 Å². The molecule has 36 heavy (non-hydrogen) atoms. The Morgan fingerprint density at radius 1 is 1.03 bits per heavy atom. The van der Waals surface area contributed by atoms with Gasteiger partial charge >= 0.3 is 0 Å². The van der Waals surface area contributed by atoms with Crippen molar-refractivity contribution in [3.8, 4) is 11.5 Å². The van der Waals surface area contributed by atoms with Crippen molar-refractivity contribution in [3.05, 3.63) is 59.2 Å². The zero-order valence-electron chi connectivity index (χ0n) is 21.3. The second-order valence-corrected chi connectivity index (χ2v) is 8.98. The van der Waals surface area contributed by atoms with Crippen molar-refractivity contribution in [1.29, 1.82) is 5.41 Å². The quantitative estimate of drug-likeness (QED) is 0.392. The van der Waals surface area contributed by atoms with Crippen LogP contribution in [0.15, 0.2) is 36.4 Å². The number of ether oxygens (including phenoxy) is 2. The average molecular weight is 504 g/mol. The molecule has 0 aliphatic heterocycles. The van der Waals surface area contributed by atoms with Gasteiger partial charge in [0.25, 0.3) is 5.91 Å². The van der Waals surface area contributed by atoms with E-state index in [1.165, 1.54) is 45.6 Å². The SMILES string of the molecule is CN.COc1ccc(COc2c(F)cc(C(=O)NCC3CCCCC3)cc2F)cc1.N=CC1CCC1. The standard InChI is InChI=1S/C22H25F2NO3.C5H9N.CH5N/c1-27-18-9-7-16(8-10-18)14-28-21-19(23)11-17(12-20(21)24)22(26)25-13-15-5-3-2-4-6-15;6-4-5-2-1-3-5;1-2/h7-12,15H,2-6,13-14H2,1H3,(H,25,26);4-6H,1-3H2;2H2,1H3. The fourth-order valence-electron chi connectivity index (χ4n) is 4.04. The average Bonchev–Trinajstić information content (AvgIpc) is 2.88. The first kappa shape index (κ1) is 29.2. The highest BCUT2D eigenvalue weighted by Crippen LogP contribution is 2.26. The molecule has 2 aliphatic rings. The van der Waals surface area contributed by atoms with Crippen molar-refractivity contribution in [3.63, 3.8) is 0 Å². The van der Waals surface area contributed by atoms with Gasteiger partial charge in [-0.15, -0.1) is 0 Å². The lowest BCUT2D eigenvalue weighted by Gasteiger charge is -2.21. The van der Waals surface area contributed by atoms with Crippen LogP contribution in [0.3, 0.4) is 0 Å². The largest absolute Gasteiger partial charge is 0.497 e. The highest BCUT2D eigenvalue weighted by atomic mass is 19.1. The van der Waals surface area contributed by atoms with E-state index < -0.39 is 23.3 Å². The third-order valence-electron chi connectivity index (χ3n) is 6.46. The lowest BCUT2D eigenvalue weighted by molar-refractivity contribution is 0.0942. The Bertz CT molecular complexity index is 921. The minimum atomic E-state index is -0.892. The number of carbonyl (C=O) groups is 1. The molecule has 6 nitrogen and oxygen atoms in total. The Balaban J connectivity index is 0.000000491. The third kappa shape index (κ3) is 9.22. The predicted octanol–water partition coefficient (Wildman–Crippen LogP) is 5.87. The lowest BCUT2D eigenvalue weighted by Crippen LogP contribution is -2.30. The maximum atomic E-state index is 14.3. The number of benzene rings is 2. The molecule has 2 fully saturated rings. The van der Waals surface area contributed by atoms with Crippen LogP contribution in [0, 0.1) is 28.9 Å². The molecule has 0 spiro atoms. The van der Waals surface area contributed by atoms with E-state index in [0.29, 0.717) is 24.1 Å². The van der Waals surface area contributed by atoms with E-state index in [9.17, 15) is 13.6 Å². The second-order valence-electron chi connectivity index (χ2n) is 8.98. The fraction of sp³-hybridized carbons (Fsp3) is 0.500. The van der Waals surface area contributed by atoms with Gasteiger partial charge in [0.15, 0.2) is 17.4 Å². The molecular formula is C28H39F2N3O3. The fourth-order valence-corrected chi connectivity index (χ4v) is 4.04. The first-order valence-corrected chi connectivity index (χ1v) is 12.6. The summed E-state index contributed by atoms with van der Waals surface area (Å²) in [5.74, 6) is -0.952. The summed E-state index contributed by atoms with van der Waals surface area (Å²) in [5.41, 5.74) is 5.21. The molecule has 0 saturated heterocycles. The van der Waals surface area contributed by atoms with Gasteiger partial charge in [0.2, 0.25) is 0 Å². The zero-order chi connectivity index (χ0) is 26.3. The molecule has 0 aromatic heterocycles. The zero-order valence-corrected chi connectivity index (χ0v) is 21.3. The van der Waals surface area contributed by atoms with E-state index in [2.05, 4.69) is 11.1 Å². The minimum absolute atomic E-state index is 0.00502. The Hall–Kier alpha value is -3.00. The lowest BCUT2D eigenvalue weighted by atomic mass is 9.87. The van der Waals surface area contributed by atoms with Crippen LogP contribution in [0.1, 0.15) is 67.3 Å². The van der Waals surface area contributed by atoms with Crippen LogP contribution in [0.25, 0.3) is 0 Å². The van der Waals surface area contributed by atoms with Gasteiger partial charge in [0, 0.05) is 12.1 Å². The molecule has 0 radical (unpaired) electrons. The summed E-state index contributed by atoms with van der Waals surface area (Å²) in [7, 11) is 3.06. The van der Waals surface area contributed by atoms with Gasteiger partial charge in [-0.2, -0.15) is 0 Å². The molecule has 0 heterocycles. The van der Waals surface area contributed by atoms with Crippen LogP contribution in [0.5, 0.6) is 11.5 Å². The van der Waals surface area contributed by atoms with Gasteiger partial charge in [-0.1, -0.05) is 37.8 Å². The Kier molecular flexibility index (Phi) is 12.9. The molecule has 8 heteroatoms. The van der Waals surface area contributed by atoms with Gasteiger partial charge in [-0.3, -0.25) is 4.79 Å². The van der Waals surface area contributed by atoms with Gasteiger partial charge < -0.3 is 25.9 Å². The van der Waals surface area contributed by atoms with Gasteiger partial charge in [0.1, 0.15) is 12.4 Å². The minimum Gasteiger partial charge on any atom is -0.497 e. The Morgan fingerprint density at radius 2 is 1.64 bits per heavy atom. The number of carbonyl (C=O) groups excluding carboxylic acids is 1. The smallest absolute Gasteiger partial charge is 0.251 e. The number of halogens is 2. The molecule has 0 atom stereocenters. The van der Waals surface area contributed by atoms with Crippen LogP contribution in [0.4, 0.5) is 8.78 Å². The molecule has 2 aromatic rings. The van der Waals surface area contributed by atoms with E-state index >= 15 is 0 Å². The van der Waals surface area contributed by atoms with E-state index in [0.717, 1.165) is 30.5 Å². The summed E-state index contributed by atoms with van der Waals surface area (Å²) < 4.78 is 39.0. The molecule has 4 rings (SSSR count).